The number of sulfonamides is 1. The zero-order valence-corrected chi connectivity index (χ0v) is 33.8. The van der Waals surface area contributed by atoms with Crippen LogP contribution in [0.15, 0.2) is 30.4 Å². The van der Waals surface area contributed by atoms with Gasteiger partial charge in [0.1, 0.15) is 29.0 Å². The molecule has 3 aliphatic heterocycles. The number of halogens is 1. The maximum absolute atomic E-state index is 14.7. The fourth-order valence-corrected chi connectivity index (χ4v) is 9.61. The first-order valence-corrected chi connectivity index (χ1v) is 21.3. The van der Waals surface area contributed by atoms with Gasteiger partial charge in [0, 0.05) is 28.3 Å². The molecule has 2 aliphatic carbocycles. The predicted octanol–water partition coefficient (Wildman–Crippen LogP) is 5.40. The number of nitrogens with zero attached hydrogens (tertiary/aromatic N) is 2. The number of carbonyl (C=O) groups excluding carboxylic acids is 4. The number of benzene rings is 1. The topological polar surface area (TPSA) is 173 Å². The van der Waals surface area contributed by atoms with E-state index in [0.29, 0.717) is 61.4 Å². The van der Waals surface area contributed by atoms with Crippen molar-refractivity contribution in [1.82, 2.24) is 25.2 Å². The molecule has 0 radical (unpaired) electrons. The minimum atomic E-state index is -3.99. The molecule has 2 aromatic rings. The highest BCUT2D eigenvalue weighted by molar-refractivity contribution is 7.91. The molecule has 55 heavy (non-hydrogen) atoms. The number of pyridine rings is 1. The summed E-state index contributed by atoms with van der Waals surface area (Å²) in [5.74, 6) is -1.68. The second kappa shape index (κ2) is 14.2. The molecule has 1 saturated heterocycles. The Labute approximate surface area is 327 Å². The number of ether oxygens (including phenoxy) is 2. The first-order valence-electron chi connectivity index (χ1n) is 19.4. The monoisotopic (exact) mass is 797 g/mol. The quantitative estimate of drug-likeness (QED) is 0.335. The van der Waals surface area contributed by atoms with Crippen LogP contribution >= 0.6 is 11.6 Å². The van der Waals surface area contributed by atoms with Crippen LogP contribution in [-0.4, -0.2) is 83.2 Å². The van der Waals surface area contributed by atoms with Crippen molar-refractivity contribution in [3.05, 3.63) is 46.6 Å². The van der Waals surface area contributed by atoms with Gasteiger partial charge in [0.2, 0.25) is 21.8 Å². The van der Waals surface area contributed by atoms with Gasteiger partial charge < -0.3 is 25.0 Å². The average molecular weight is 798 g/mol. The fourth-order valence-electron chi connectivity index (χ4n) is 8.13. The number of hydrogen-bond donors (Lipinski definition) is 3. The van der Waals surface area contributed by atoms with E-state index in [1.165, 1.54) is 4.90 Å². The summed E-state index contributed by atoms with van der Waals surface area (Å²) in [5.41, 5.74) is -0.393. The molecule has 3 fully saturated rings. The van der Waals surface area contributed by atoms with Gasteiger partial charge in [0.25, 0.3) is 5.91 Å². The molecule has 5 aliphatic rings. The third-order valence-electron chi connectivity index (χ3n) is 11.9. The Morgan fingerprint density at radius 3 is 2.62 bits per heavy atom. The van der Waals surface area contributed by atoms with Gasteiger partial charge in [-0.2, -0.15) is 0 Å². The fraction of sp³-hybridized carbons (Fsp3) is 0.625. The number of aryl methyl sites for hydroxylation is 2. The van der Waals surface area contributed by atoms with Gasteiger partial charge >= 0.3 is 6.09 Å². The van der Waals surface area contributed by atoms with E-state index >= 15 is 0 Å². The molecule has 3 N–H and O–H groups in total. The van der Waals surface area contributed by atoms with Crippen molar-refractivity contribution in [2.24, 2.45) is 11.3 Å². The third kappa shape index (κ3) is 7.90. The Kier molecular flexibility index (Phi) is 10.2. The summed E-state index contributed by atoms with van der Waals surface area (Å²) in [4.78, 5) is 62.7. The lowest BCUT2D eigenvalue weighted by molar-refractivity contribution is -0.141. The molecule has 0 bridgehead atoms. The lowest BCUT2D eigenvalue weighted by Gasteiger charge is -2.36. The van der Waals surface area contributed by atoms with Crippen molar-refractivity contribution < 1.29 is 37.1 Å². The summed E-state index contributed by atoms with van der Waals surface area (Å²) < 4.78 is 40.0. The SMILES string of the molecule is Cc1nc2ccc(Cl)cc2c2c1O[C@]1(CC2)C[C@H]2C(=O)N[C@]3(C(=O)NS(=O)(=O)C4(C)CC4)C[C@@H]3/C=C\CCCCC[C@H](NC(=O)OCC(C)(C)C)C(=O)N2C1. The number of alkyl carbamates (subject to hydrolysis) is 1. The molecule has 0 unspecified atom stereocenters. The molecule has 1 aromatic carbocycles. The van der Waals surface area contributed by atoms with E-state index in [1.807, 2.05) is 52.0 Å². The van der Waals surface area contributed by atoms with Crippen molar-refractivity contribution in [3.63, 3.8) is 0 Å². The van der Waals surface area contributed by atoms with Gasteiger partial charge in [0.15, 0.2) is 0 Å². The van der Waals surface area contributed by atoms with Crippen molar-refractivity contribution >= 4 is 56.3 Å². The molecule has 4 heterocycles. The van der Waals surface area contributed by atoms with Crippen molar-refractivity contribution in [2.75, 3.05) is 13.2 Å². The molecule has 2 saturated carbocycles. The number of allylic oxidation sites excluding steroid dienone is 1. The Bertz CT molecular complexity index is 2060. The number of amides is 4. The average Bonchev–Trinajstić information content (AvgIpc) is 4.01. The minimum Gasteiger partial charge on any atom is -0.483 e. The van der Waals surface area contributed by atoms with E-state index in [2.05, 4.69) is 15.4 Å². The molecule has 5 atom stereocenters. The number of hydrogen-bond acceptors (Lipinski definition) is 9. The number of aromatic nitrogens is 1. The molecule has 15 heteroatoms. The van der Waals surface area contributed by atoms with E-state index in [1.54, 1.807) is 13.0 Å². The largest absolute Gasteiger partial charge is 0.483 e. The van der Waals surface area contributed by atoms with Crippen LogP contribution < -0.4 is 20.1 Å². The Morgan fingerprint density at radius 1 is 1.13 bits per heavy atom. The normalized spacial score (nSPS) is 29.7. The summed E-state index contributed by atoms with van der Waals surface area (Å²) in [5, 5.41) is 7.18. The summed E-state index contributed by atoms with van der Waals surface area (Å²) in [6.45, 7) is 9.46. The smallest absolute Gasteiger partial charge is 0.407 e. The highest BCUT2D eigenvalue weighted by Crippen LogP contribution is 2.49. The van der Waals surface area contributed by atoms with Crippen LogP contribution in [0.25, 0.3) is 10.9 Å². The molecule has 4 amide bonds. The first kappa shape index (κ1) is 39.3. The highest BCUT2D eigenvalue weighted by Gasteiger charge is 2.64. The second-order valence-electron chi connectivity index (χ2n) is 17.7. The summed E-state index contributed by atoms with van der Waals surface area (Å²) in [7, 11) is -3.99. The van der Waals surface area contributed by atoms with Crippen molar-refractivity contribution in [2.45, 2.75) is 133 Å². The van der Waals surface area contributed by atoms with Gasteiger partial charge in [-0.25, -0.2) is 18.2 Å². The number of fused-ring (bicyclic) bond motifs is 5. The summed E-state index contributed by atoms with van der Waals surface area (Å²) in [6, 6.07) is 3.44. The zero-order chi connectivity index (χ0) is 39.6. The zero-order valence-electron chi connectivity index (χ0n) is 32.3. The Morgan fingerprint density at radius 2 is 1.89 bits per heavy atom. The van der Waals surface area contributed by atoms with E-state index in [4.69, 9.17) is 26.1 Å². The van der Waals surface area contributed by atoms with Crippen LogP contribution in [0, 0.1) is 18.3 Å². The molecular formula is C40H52ClN5O8S. The van der Waals surface area contributed by atoms with Crippen LogP contribution in [0.1, 0.15) is 103 Å². The van der Waals surface area contributed by atoms with Crippen LogP contribution in [0.2, 0.25) is 5.02 Å². The van der Waals surface area contributed by atoms with Gasteiger partial charge in [0.05, 0.1) is 29.1 Å². The van der Waals surface area contributed by atoms with Gasteiger partial charge in [-0.15, -0.1) is 0 Å². The van der Waals surface area contributed by atoms with E-state index in [9.17, 15) is 27.6 Å². The molecule has 298 valence electrons. The lowest BCUT2D eigenvalue weighted by Crippen LogP contribution is -2.58. The summed E-state index contributed by atoms with van der Waals surface area (Å²) in [6.07, 6.45) is 8.61. The van der Waals surface area contributed by atoms with Gasteiger partial charge in [-0.3, -0.25) is 19.1 Å². The van der Waals surface area contributed by atoms with E-state index in [-0.39, 0.29) is 31.4 Å². The van der Waals surface area contributed by atoms with Crippen molar-refractivity contribution in [1.29, 1.82) is 0 Å². The van der Waals surface area contributed by atoms with Crippen LogP contribution in [0.3, 0.4) is 0 Å². The minimum absolute atomic E-state index is 0.0425. The van der Waals surface area contributed by atoms with E-state index in [0.717, 1.165) is 29.3 Å². The second-order valence-corrected chi connectivity index (χ2v) is 20.3. The first-order chi connectivity index (χ1) is 25.8. The number of carbonyl (C=O) groups is 4. The number of rotatable bonds is 5. The van der Waals surface area contributed by atoms with Gasteiger partial charge in [-0.1, -0.05) is 57.4 Å². The molecule has 1 aromatic heterocycles. The third-order valence-corrected chi connectivity index (χ3v) is 14.3. The van der Waals surface area contributed by atoms with Crippen LogP contribution in [0.5, 0.6) is 5.75 Å². The maximum Gasteiger partial charge on any atom is 0.407 e. The van der Waals surface area contributed by atoms with Crippen LogP contribution in [0.4, 0.5) is 4.79 Å². The predicted molar refractivity (Wildman–Crippen MR) is 207 cm³/mol. The lowest BCUT2D eigenvalue weighted by atomic mass is 9.87. The van der Waals surface area contributed by atoms with Crippen molar-refractivity contribution in [3.8, 4) is 5.75 Å². The molecule has 7 rings (SSSR count). The summed E-state index contributed by atoms with van der Waals surface area (Å²) >= 11 is 6.39. The van der Waals surface area contributed by atoms with E-state index < -0.39 is 67.7 Å². The molecule has 13 nitrogen and oxygen atoms in total. The Balaban J connectivity index is 1.22. The molecular weight excluding hydrogens is 746 g/mol. The standard InChI is InChI=1S/C40H52ClN5O8S/c1-24-32-27(28-19-26(41)13-14-29(28)42-24)15-16-39(54-32)21-31-33(47)44-40(35(49)45-55(51,52)38(5)17-18-38)20-25(40)11-9-7-6-8-10-12-30(34(48)46(31)22-39)43-36(50)53-23-37(2,3)4/h9,11,13-14,19,25,30-31H,6-8,10,12,15-18,20-23H2,1-5H3,(H,43,50)(H,44,47)(H,45,49)/b11-9-/t25-,30-,31-,39+,40+/m0/s1. The van der Waals surface area contributed by atoms with Crippen LogP contribution in [-0.2, 0) is 35.6 Å². The maximum atomic E-state index is 14.7. The van der Waals surface area contributed by atoms with Gasteiger partial charge in [-0.05, 0) is 88.8 Å². The highest BCUT2D eigenvalue weighted by atomic mass is 35.5. The molecule has 1 spiro atoms. The number of nitrogens with one attached hydrogen (secondary N) is 3. The Hall–Kier alpha value is -3.91.